The number of likely N-dealkylation sites (tertiary alicyclic amines) is 1. The summed E-state index contributed by atoms with van der Waals surface area (Å²) in [6.07, 6.45) is 2.25. The van der Waals surface area contributed by atoms with Crippen LogP contribution in [0, 0.1) is 0 Å². The zero-order valence-corrected chi connectivity index (χ0v) is 11.4. The molecule has 0 N–H and O–H groups in total. The second kappa shape index (κ2) is 5.42. The minimum Gasteiger partial charge on any atom is -0.496 e. The van der Waals surface area contributed by atoms with Crippen LogP contribution in [0.1, 0.15) is 48.5 Å². The third-order valence-electron chi connectivity index (χ3n) is 3.49. The van der Waals surface area contributed by atoms with Gasteiger partial charge in [-0.15, -0.1) is 0 Å². The average Bonchev–Trinajstić information content (AvgIpc) is 2.90. The predicted molar refractivity (Wildman–Crippen MR) is 72.2 cm³/mol. The highest BCUT2D eigenvalue weighted by molar-refractivity contribution is 5.94. The van der Waals surface area contributed by atoms with E-state index in [-0.39, 0.29) is 5.91 Å². The molecule has 1 aromatic rings. The number of methoxy groups -OCH3 is 1. The summed E-state index contributed by atoms with van der Waals surface area (Å²) in [6, 6.07) is 5.74. The lowest BCUT2D eigenvalue weighted by Crippen LogP contribution is -2.27. The first-order chi connectivity index (χ1) is 8.63. The molecule has 0 atom stereocenters. The normalized spacial score (nSPS) is 15.2. The van der Waals surface area contributed by atoms with E-state index in [4.69, 9.17) is 4.74 Å². The number of ether oxygens (including phenoxy) is 1. The van der Waals surface area contributed by atoms with Gasteiger partial charge in [-0.25, -0.2) is 0 Å². The molecule has 0 radical (unpaired) electrons. The number of hydrogen-bond donors (Lipinski definition) is 0. The fourth-order valence-electron chi connectivity index (χ4n) is 2.42. The average molecular weight is 247 g/mol. The molecule has 3 heteroatoms. The van der Waals surface area contributed by atoms with Gasteiger partial charge in [0.15, 0.2) is 0 Å². The fraction of sp³-hybridized carbons (Fsp3) is 0.533. The van der Waals surface area contributed by atoms with Gasteiger partial charge in [0.2, 0.25) is 0 Å². The molecule has 0 spiro atoms. The Balaban J connectivity index is 2.28. The van der Waals surface area contributed by atoms with Gasteiger partial charge in [0.25, 0.3) is 5.91 Å². The maximum Gasteiger partial charge on any atom is 0.253 e. The molecule has 1 amide bonds. The number of hydrogen-bond acceptors (Lipinski definition) is 2. The maximum absolute atomic E-state index is 12.3. The molecule has 2 rings (SSSR count). The first-order valence-corrected chi connectivity index (χ1v) is 6.60. The van der Waals surface area contributed by atoms with Crippen LogP contribution < -0.4 is 4.74 Å². The summed E-state index contributed by atoms with van der Waals surface area (Å²) >= 11 is 0. The van der Waals surface area contributed by atoms with E-state index in [1.54, 1.807) is 7.11 Å². The molecule has 0 bridgehead atoms. The lowest BCUT2D eigenvalue weighted by Gasteiger charge is -2.18. The number of nitrogens with zero attached hydrogens (tertiary/aromatic N) is 1. The molecule has 0 aliphatic carbocycles. The zero-order chi connectivity index (χ0) is 13.1. The Labute approximate surface area is 109 Å². The smallest absolute Gasteiger partial charge is 0.253 e. The maximum atomic E-state index is 12.3. The van der Waals surface area contributed by atoms with E-state index in [9.17, 15) is 4.79 Å². The number of amides is 1. The highest BCUT2D eigenvalue weighted by atomic mass is 16.5. The van der Waals surface area contributed by atoms with Crippen molar-refractivity contribution in [2.45, 2.75) is 32.6 Å². The van der Waals surface area contributed by atoms with Crippen LogP contribution in [0.5, 0.6) is 5.75 Å². The Morgan fingerprint density at radius 2 is 1.94 bits per heavy atom. The van der Waals surface area contributed by atoms with Crippen molar-refractivity contribution >= 4 is 5.91 Å². The molecular formula is C15H21NO2. The van der Waals surface area contributed by atoms with Gasteiger partial charge < -0.3 is 9.64 Å². The van der Waals surface area contributed by atoms with E-state index in [1.807, 2.05) is 23.1 Å². The molecule has 1 aromatic carbocycles. The molecule has 1 aliphatic heterocycles. The first kappa shape index (κ1) is 12.9. The van der Waals surface area contributed by atoms with Crippen LogP contribution >= 0.6 is 0 Å². The number of benzene rings is 1. The molecule has 1 saturated heterocycles. The Hall–Kier alpha value is -1.51. The summed E-state index contributed by atoms with van der Waals surface area (Å²) in [5, 5.41) is 0. The van der Waals surface area contributed by atoms with E-state index in [0.29, 0.717) is 5.92 Å². The molecule has 0 unspecified atom stereocenters. The van der Waals surface area contributed by atoms with Crippen LogP contribution in [-0.2, 0) is 0 Å². The van der Waals surface area contributed by atoms with Gasteiger partial charge >= 0.3 is 0 Å². The quantitative estimate of drug-likeness (QED) is 0.821. The van der Waals surface area contributed by atoms with Crippen LogP contribution in [0.2, 0.25) is 0 Å². The summed E-state index contributed by atoms with van der Waals surface area (Å²) in [7, 11) is 1.67. The first-order valence-electron chi connectivity index (χ1n) is 6.60. The molecule has 18 heavy (non-hydrogen) atoms. The Kier molecular flexibility index (Phi) is 3.90. The van der Waals surface area contributed by atoms with E-state index < -0.39 is 0 Å². The van der Waals surface area contributed by atoms with Gasteiger partial charge in [-0.2, -0.15) is 0 Å². The summed E-state index contributed by atoms with van der Waals surface area (Å²) in [6.45, 7) is 6.01. The Morgan fingerprint density at radius 1 is 1.28 bits per heavy atom. The van der Waals surface area contributed by atoms with Crippen molar-refractivity contribution in [2.75, 3.05) is 20.2 Å². The lowest BCUT2D eigenvalue weighted by atomic mass is 9.99. The topological polar surface area (TPSA) is 29.5 Å². The van der Waals surface area contributed by atoms with Gasteiger partial charge in [-0.1, -0.05) is 13.8 Å². The molecule has 3 nitrogen and oxygen atoms in total. The molecule has 1 aliphatic rings. The van der Waals surface area contributed by atoms with Crippen molar-refractivity contribution in [3.05, 3.63) is 29.3 Å². The molecular weight excluding hydrogens is 226 g/mol. The molecule has 0 aromatic heterocycles. The standard InChI is InChI=1S/C15H21NO2/c1-11(2)13-10-12(6-7-14(13)18-3)15(17)16-8-4-5-9-16/h6-7,10-11H,4-5,8-9H2,1-3H3. The third kappa shape index (κ3) is 2.50. The van der Waals surface area contributed by atoms with Crippen LogP contribution in [-0.4, -0.2) is 31.0 Å². The van der Waals surface area contributed by atoms with Crippen molar-refractivity contribution < 1.29 is 9.53 Å². The summed E-state index contributed by atoms with van der Waals surface area (Å²) in [5.74, 6) is 1.37. The predicted octanol–water partition coefficient (Wildman–Crippen LogP) is 3.05. The SMILES string of the molecule is COc1ccc(C(=O)N2CCCC2)cc1C(C)C. The minimum atomic E-state index is 0.150. The van der Waals surface area contributed by atoms with E-state index >= 15 is 0 Å². The fourth-order valence-corrected chi connectivity index (χ4v) is 2.42. The second-order valence-electron chi connectivity index (χ2n) is 5.11. The van der Waals surface area contributed by atoms with Crippen molar-refractivity contribution in [2.24, 2.45) is 0 Å². The van der Waals surface area contributed by atoms with Crippen LogP contribution in [0.15, 0.2) is 18.2 Å². The minimum absolute atomic E-state index is 0.150. The van der Waals surface area contributed by atoms with Gasteiger partial charge in [0, 0.05) is 18.7 Å². The third-order valence-corrected chi connectivity index (χ3v) is 3.49. The summed E-state index contributed by atoms with van der Waals surface area (Å²) in [4.78, 5) is 14.2. The van der Waals surface area contributed by atoms with Gasteiger partial charge in [-0.05, 0) is 42.5 Å². The van der Waals surface area contributed by atoms with Crippen molar-refractivity contribution in [1.82, 2.24) is 4.90 Å². The number of carbonyl (C=O) groups is 1. The Morgan fingerprint density at radius 3 is 2.50 bits per heavy atom. The molecule has 98 valence electrons. The summed E-state index contributed by atoms with van der Waals surface area (Å²) < 4.78 is 5.34. The van der Waals surface area contributed by atoms with Crippen LogP contribution in [0.3, 0.4) is 0 Å². The van der Waals surface area contributed by atoms with Crippen LogP contribution in [0.4, 0.5) is 0 Å². The zero-order valence-electron chi connectivity index (χ0n) is 11.4. The largest absolute Gasteiger partial charge is 0.496 e. The van der Waals surface area contributed by atoms with Gasteiger partial charge in [0.1, 0.15) is 5.75 Å². The highest BCUT2D eigenvalue weighted by Gasteiger charge is 2.20. The Bertz CT molecular complexity index is 434. The molecule has 1 heterocycles. The monoisotopic (exact) mass is 247 g/mol. The lowest BCUT2D eigenvalue weighted by molar-refractivity contribution is 0.0792. The van der Waals surface area contributed by atoms with Crippen molar-refractivity contribution in [3.63, 3.8) is 0 Å². The van der Waals surface area contributed by atoms with Crippen molar-refractivity contribution in [1.29, 1.82) is 0 Å². The van der Waals surface area contributed by atoms with Crippen LogP contribution in [0.25, 0.3) is 0 Å². The molecule has 0 saturated carbocycles. The van der Waals surface area contributed by atoms with E-state index in [1.165, 1.54) is 0 Å². The number of carbonyl (C=O) groups excluding carboxylic acids is 1. The molecule has 1 fully saturated rings. The van der Waals surface area contributed by atoms with E-state index in [2.05, 4.69) is 13.8 Å². The highest BCUT2D eigenvalue weighted by Crippen LogP contribution is 2.28. The van der Waals surface area contributed by atoms with Gasteiger partial charge in [0.05, 0.1) is 7.11 Å². The van der Waals surface area contributed by atoms with E-state index in [0.717, 1.165) is 42.8 Å². The number of rotatable bonds is 3. The van der Waals surface area contributed by atoms with Crippen molar-refractivity contribution in [3.8, 4) is 5.75 Å². The van der Waals surface area contributed by atoms with Gasteiger partial charge in [-0.3, -0.25) is 4.79 Å². The second-order valence-corrected chi connectivity index (χ2v) is 5.11. The summed E-state index contributed by atoms with van der Waals surface area (Å²) in [5.41, 5.74) is 1.88.